The summed E-state index contributed by atoms with van der Waals surface area (Å²) >= 11 is 0. The first-order chi connectivity index (χ1) is 12.5. The topological polar surface area (TPSA) is 67.2 Å². The molecule has 3 aromatic rings. The van der Waals surface area contributed by atoms with Crippen LogP contribution in [0.1, 0.15) is 12.7 Å². The van der Waals surface area contributed by atoms with Crippen molar-refractivity contribution >= 4 is 26.7 Å². The molecule has 6 nitrogen and oxygen atoms in total. The summed E-state index contributed by atoms with van der Waals surface area (Å²) in [6.07, 6.45) is 0. The lowest BCUT2D eigenvalue weighted by Crippen LogP contribution is -2.49. The molecule has 136 valence electrons. The number of para-hydroxylation sites is 1. The Labute approximate surface area is 153 Å². The lowest BCUT2D eigenvalue weighted by atomic mass is 10.2. The normalized spacial score (nSPS) is 18.4. The molecular weight excluding hydrogens is 348 g/mol. The van der Waals surface area contributed by atoms with Gasteiger partial charge in [-0.1, -0.05) is 24.3 Å². The molecule has 2 aromatic carbocycles. The van der Waals surface area contributed by atoms with E-state index in [0.717, 1.165) is 30.8 Å². The van der Waals surface area contributed by atoms with Crippen LogP contribution in [0.4, 0.5) is 5.69 Å². The van der Waals surface area contributed by atoms with Crippen LogP contribution in [0.3, 0.4) is 0 Å². The Morgan fingerprint density at radius 1 is 1.12 bits per heavy atom. The Morgan fingerprint density at radius 2 is 1.88 bits per heavy atom. The van der Waals surface area contributed by atoms with Crippen LogP contribution in [-0.4, -0.2) is 43.1 Å². The Kier molecular flexibility index (Phi) is 4.20. The molecule has 0 aliphatic carbocycles. The number of benzene rings is 2. The molecule has 7 heteroatoms. The average molecular weight is 370 g/mol. The number of fused-ring (bicyclic) bond motifs is 1. The van der Waals surface area contributed by atoms with Gasteiger partial charge in [0.25, 0.3) is 10.0 Å². The molecule has 1 aliphatic heterocycles. The number of hydrogen-bond donors (Lipinski definition) is 1. The number of nitrogens with zero attached hydrogens (tertiary/aromatic N) is 3. The van der Waals surface area contributed by atoms with E-state index in [-0.39, 0.29) is 4.90 Å². The average Bonchev–Trinajstić information content (AvgIpc) is 2.99. The summed E-state index contributed by atoms with van der Waals surface area (Å²) in [5.41, 5.74) is 2.34. The fourth-order valence-corrected chi connectivity index (χ4v) is 5.09. The Hall–Kier alpha value is -2.38. The van der Waals surface area contributed by atoms with Crippen molar-refractivity contribution in [2.75, 3.05) is 24.5 Å². The molecule has 0 saturated carbocycles. The van der Waals surface area contributed by atoms with Crippen LogP contribution in [0.5, 0.6) is 0 Å². The van der Waals surface area contributed by atoms with Crippen LogP contribution in [0.15, 0.2) is 53.4 Å². The summed E-state index contributed by atoms with van der Waals surface area (Å²) < 4.78 is 27.7. The van der Waals surface area contributed by atoms with Gasteiger partial charge in [-0.2, -0.15) is 0 Å². The van der Waals surface area contributed by atoms with Gasteiger partial charge in [-0.25, -0.2) is 17.4 Å². The molecule has 1 N–H and O–H groups in total. The van der Waals surface area contributed by atoms with Crippen LogP contribution in [-0.2, 0) is 10.0 Å². The first-order valence-electron chi connectivity index (χ1n) is 8.75. The monoisotopic (exact) mass is 370 g/mol. The summed E-state index contributed by atoms with van der Waals surface area (Å²) in [6.45, 7) is 6.54. The van der Waals surface area contributed by atoms with E-state index in [4.69, 9.17) is 0 Å². The molecule has 0 radical (unpaired) electrons. The van der Waals surface area contributed by atoms with E-state index in [1.807, 2.05) is 24.3 Å². The van der Waals surface area contributed by atoms with E-state index in [2.05, 4.69) is 22.1 Å². The van der Waals surface area contributed by atoms with Crippen molar-refractivity contribution < 1.29 is 8.42 Å². The number of hydrogen-bond acceptors (Lipinski definition) is 5. The van der Waals surface area contributed by atoms with Gasteiger partial charge in [-0.05, 0) is 38.1 Å². The molecule has 26 heavy (non-hydrogen) atoms. The van der Waals surface area contributed by atoms with Crippen LogP contribution in [0.2, 0.25) is 0 Å². The molecular formula is C19H22N4O2S. The van der Waals surface area contributed by atoms with Gasteiger partial charge >= 0.3 is 0 Å². The summed E-state index contributed by atoms with van der Waals surface area (Å²) in [5, 5.41) is 3.43. The van der Waals surface area contributed by atoms with Gasteiger partial charge in [0.05, 0.1) is 16.1 Å². The van der Waals surface area contributed by atoms with Crippen molar-refractivity contribution in [3.05, 3.63) is 54.4 Å². The van der Waals surface area contributed by atoms with Gasteiger partial charge in [-0.3, -0.25) is 0 Å². The predicted molar refractivity (Wildman–Crippen MR) is 103 cm³/mol. The first-order valence-corrected chi connectivity index (χ1v) is 10.2. The molecule has 1 aromatic heterocycles. The molecule has 2 heterocycles. The highest BCUT2D eigenvalue weighted by Crippen LogP contribution is 2.30. The van der Waals surface area contributed by atoms with Crippen LogP contribution >= 0.6 is 0 Å². The Bertz CT molecular complexity index is 1040. The number of rotatable bonds is 3. The molecule has 0 amide bonds. The molecule has 1 saturated heterocycles. The Balaban J connectivity index is 1.88. The van der Waals surface area contributed by atoms with Crippen molar-refractivity contribution in [1.29, 1.82) is 0 Å². The van der Waals surface area contributed by atoms with Crippen molar-refractivity contribution in [3.8, 4) is 0 Å². The third-order valence-corrected chi connectivity index (χ3v) is 6.58. The molecule has 0 spiro atoms. The van der Waals surface area contributed by atoms with Crippen molar-refractivity contribution in [1.82, 2.24) is 14.3 Å². The van der Waals surface area contributed by atoms with Crippen molar-refractivity contribution in [2.45, 2.75) is 24.8 Å². The fraction of sp³-hybridized carbons (Fsp3) is 0.316. The highest BCUT2D eigenvalue weighted by molar-refractivity contribution is 7.90. The lowest BCUT2D eigenvalue weighted by Gasteiger charge is -2.33. The summed E-state index contributed by atoms with van der Waals surface area (Å²) in [5.74, 6) is 0.472. The molecule has 1 aliphatic rings. The second-order valence-electron chi connectivity index (χ2n) is 6.69. The summed E-state index contributed by atoms with van der Waals surface area (Å²) in [7, 11) is -3.69. The van der Waals surface area contributed by atoms with Gasteiger partial charge in [0, 0.05) is 25.7 Å². The minimum Gasteiger partial charge on any atom is -0.367 e. The van der Waals surface area contributed by atoms with E-state index < -0.39 is 10.0 Å². The second-order valence-corrected chi connectivity index (χ2v) is 8.47. The molecule has 0 unspecified atom stereocenters. The van der Waals surface area contributed by atoms with E-state index in [1.165, 1.54) is 3.97 Å². The minimum absolute atomic E-state index is 0.267. The maximum atomic E-state index is 13.2. The second kappa shape index (κ2) is 6.41. The van der Waals surface area contributed by atoms with Gasteiger partial charge in [0.2, 0.25) is 0 Å². The molecule has 1 atom stereocenters. The standard InChI is InChI=1S/C19H22N4O2S/c1-14-13-22(12-11-20-14)17-9-6-10-18-19(17)21-15(2)23(18)26(24,25)16-7-4-3-5-8-16/h3-10,14,20H,11-13H2,1-2H3/t14-/m1/s1. The van der Waals surface area contributed by atoms with E-state index in [9.17, 15) is 8.42 Å². The van der Waals surface area contributed by atoms with Crippen molar-refractivity contribution in [3.63, 3.8) is 0 Å². The zero-order chi connectivity index (χ0) is 18.3. The third-order valence-electron chi connectivity index (χ3n) is 4.77. The summed E-state index contributed by atoms with van der Waals surface area (Å²) in [6, 6.07) is 14.6. The number of aromatic nitrogens is 2. The maximum Gasteiger partial charge on any atom is 0.269 e. The van der Waals surface area contributed by atoms with E-state index in [0.29, 0.717) is 17.4 Å². The number of aryl methyl sites for hydroxylation is 1. The smallest absolute Gasteiger partial charge is 0.269 e. The number of nitrogens with one attached hydrogen (secondary N) is 1. The van der Waals surface area contributed by atoms with E-state index >= 15 is 0 Å². The van der Waals surface area contributed by atoms with Gasteiger partial charge in [-0.15, -0.1) is 0 Å². The van der Waals surface area contributed by atoms with Crippen LogP contribution in [0.25, 0.3) is 11.0 Å². The first kappa shape index (κ1) is 17.1. The molecule has 4 rings (SSSR count). The van der Waals surface area contributed by atoms with Gasteiger partial charge < -0.3 is 10.2 Å². The zero-order valence-electron chi connectivity index (χ0n) is 14.9. The fourth-order valence-electron chi connectivity index (χ4n) is 3.59. The van der Waals surface area contributed by atoms with Gasteiger partial charge in [0.1, 0.15) is 11.3 Å². The highest BCUT2D eigenvalue weighted by atomic mass is 32.2. The maximum absolute atomic E-state index is 13.2. The van der Waals surface area contributed by atoms with E-state index in [1.54, 1.807) is 31.2 Å². The Morgan fingerprint density at radius 3 is 2.62 bits per heavy atom. The third kappa shape index (κ3) is 2.77. The molecule has 1 fully saturated rings. The largest absolute Gasteiger partial charge is 0.367 e. The summed E-state index contributed by atoms with van der Waals surface area (Å²) in [4.78, 5) is 7.17. The lowest BCUT2D eigenvalue weighted by molar-refractivity contribution is 0.485. The minimum atomic E-state index is -3.69. The molecule has 0 bridgehead atoms. The van der Waals surface area contributed by atoms with Gasteiger partial charge in [0.15, 0.2) is 0 Å². The number of anilines is 1. The van der Waals surface area contributed by atoms with Crippen molar-refractivity contribution in [2.24, 2.45) is 0 Å². The SMILES string of the molecule is Cc1nc2c(N3CCN[C@H](C)C3)cccc2n1S(=O)(=O)c1ccccc1. The number of imidazole rings is 1. The zero-order valence-corrected chi connectivity index (χ0v) is 15.7. The number of piperazine rings is 1. The van der Waals surface area contributed by atoms with Crippen LogP contribution in [0, 0.1) is 6.92 Å². The highest BCUT2D eigenvalue weighted by Gasteiger charge is 2.25. The van der Waals surface area contributed by atoms with Crippen LogP contribution < -0.4 is 10.2 Å². The quantitative estimate of drug-likeness (QED) is 0.767. The predicted octanol–water partition coefficient (Wildman–Crippen LogP) is 2.38.